The molecule has 4 heteroatoms. The number of carbonyl (C=O) groups is 1. The Hall–Kier alpha value is -1.26. The molecule has 2 aromatic rings. The number of likely N-dealkylation sites (tertiary alicyclic amines) is 1. The van der Waals surface area contributed by atoms with E-state index in [0.717, 1.165) is 36.0 Å². The highest BCUT2D eigenvalue weighted by Crippen LogP contribution is 2.26. The average Bonchev–Trinajstić information content (AvgIpc) is 2.82. The maximum atomic E-state index is 12.8. The number of nitrogens with zero attached hydrogens (tertiary/aromatic N) is 1. The first-order valence-electron chi connectivity index (χ1n) is 9.33. The third-order valence-electron chi connectivity index (χ3n) is 5.05. The van der Waals surface area contributed by atoms with Gasteiger partial charge >= 0.3 is 0 Å². The van der Waals surface area contributed by atoms with Crippen LogP contribution in [0.5, 0.6) is 0 Å². The Kier molecular flexibility index (Phi) is 7.21. The molecule has 0 unspecified atom stereocenters. The molecule has 1 heterocycles. The fourth-order valence-electron chi connectivity index (χ4n) is 3.40. The van der Waals surface area contributed by atoms with Crippen molar-refractivity contribution in [3.05, 3.63) is 64.6 Å². The zero-order valence-corrected chi connectivity index (χ0v) is 17.6. The van der Waals surface area contributed by atoms with Gasteiger partial charge in [-0.2, -0.15) is 0 Å². The minimum Gasteiger partial charge on any atom is -0.339 e. The topological polar surface area (TPSA) is 20.3 Å². The van der Waals surface area contributed by atoms with Gasteiger partial charge in [-0.1, -0.05) is 53.2 Å². The van der Waals surface area contributed by atoms with Gasteiger partial charge in [0, 0.05) is 34.1 Å². The first-order valence-corrected chi connectivity index (χ1v) is 11.1. The summed E-state index contributed by atoms with van der Waals surface area (Å²) in [5.74, 6) is 1.89. The molecular formula is C22H26BrNOS. The van der Waals surface area contributed by atoms with Gasteiger partial charge in [0.25, 0.3) is 0 Å². The third kappa shape index (κ3) is 5.62. The molecule has 2 atom stereocenters. The van der Waals surface area contributed by atoms with Gasteiger partial charge in [0.15, 0.2) is 0 Å². The van der Waals surface area contributed by atoms with Crippen LogP contribution in [0.25, 0.3) is 0 Å². The first kappa shape index (κ1) is 19.5. The van der Waals surface area contributed by atoms with Gasteiger partial charge in [0.1, 0.15) is 0 Å². The van der Waals surface area contributed by atoms with E-state index in [0.29, 0.717) is 18.2 Å². The number of halogens is 1. The van der Waals surface area contributed by atoms with E-state index in [1.165, 1.54) is 10.5 Å². The van der Waals surface area contributed by atoms with Gasteiger partial charge in [-0.25, -0.2) is 0 Å². The Morgan fingerprint density at radius 3 is 2.58 bits per heavy atom. The molecule has 0 radical (unpaired) electrons. The smallest absolute Gasteiger partial charge is 0.222 e. The van der Waals surface area contributed by atoms with E-state index in [9.17, 15) is 4.79 Å². The van der Waals surface area contributed by atoms with Crippen molar-refractivity contribution in [1.82, 2.24) is 4.90 Å². The molecular weight excluding hydrogens is 406 g/mol. The number of benzene rings is 2. The largest absolute Gasteiger partial charge is 0.339 e. The van der Waals surface area contributed by atoms with Gasteiger partial charge in [-0.05, 0) is 55.0 Å². The van der Waals surface area contributed by atoms with Crippen molar-refractivity contribution in [2.75, 3.05) is 12.3 Å². The van der Waals surface area contributed by atoms with Crippen LogP contribution in [-0.2, 0) is 11.2 Å². The predicted molar refractivity (Wildman–Crippen MR) is 114 cm³/mol. The van der Waals surface area contributed by atoms with E-state index in [1.54, 1.807) is 0 Å². The first-order chi connectivity index (χ1) is 12.6. The molecule has 3 rings (SSSR count). The molecule has 0 saturated carbocycles. The summed E-state index contributed by atoms with van der Waals surface area (Å²) in [5.41, 5.74) is 1.30. The van der Waals surface area contributed by atoms with Gasteiger partial charge in [0.05, 0.1) is 0 Å². The molecule has 1 aliphatic rings. The minimum atomic E-state index is 0.240. The summed E-state index contributed by atoms with van der Waals surface area (Å²) in [7, 11) is 0. The number of thioether (sulfide) groups is 1. The van der Waals surface area contributed by atoms with Crippen molar-refractivity contribution in [2.45, 2.75) is 43.5 Å². The number of hydrogen-bond donors (Lipinski definition) is 0. The van der Waals surface area contributed by atoms with E-state index in [1.807, 2.05) is 17.8 Å². The van der Waals surface area contributed by atoms with Crippen molar-refractivity contribution < 1.29 is 4.79 Å². The quantitative estimate of drug-likeness (QED) is 0.538. The van der Waals surface area contributed by atoms with E-state index in [4.69, 9.17) is 0 Å². The van der Waals surface area contributed by atoms with Crippen molar-refractivity contribution >= 4 is 33.6 Å². The number of rotatable bonds is 6. The summed E-state index contributed by atoms with van der Waals surface area (Å²) in [4.78, 5) is 16.2. The van der Waals surface area contributed by atoms with Crippen LogP contribution in [0.4, 0.5) is 0 Å². The van der Waals surface area contributed by atoms with Crippen LogP contribution in [0, 0.1) is 5.92 Å². The van der Waals surface area contributed by atoms with Crippen LogP contribution in [0.2, 0.25) is 0 Å². The van der Waals surface area contributed by atoms with Crippen molar-refractivity contribution in [1.29, 1.82) is 0 Å². The molecule has 0 bridgehead atoms. The minimum absolute atomic E-state index is 0.240. The normalized spacial score (nSPS) is 19.2. The summed E-state index contributed by atoms with van der Waals surface area (Å²) in [6.45, 7) is 3.15. The Bertz CT molecular complexity index is 704. The number of carbonyl (C=O) groups excluding carboxylic acids is 1. The average molecular weight is 432 g/mol. The SMILES string of the molecule is C[C@H]1CCC(=O)N([C@H](CSc2ccc(Br)cc2)Cc2ccccc2)CC1. The lowest BCUT2D eigenvalue weighted by Gasteiger charge is -2.31. The highest BCUT2D eigenvalue weighted by atomic mass is 79.9. The number of amides is 1. The molecule has 0 spiro atoms. The molecule has 2 nitrogen and oxygen atoms in total. The zero-order chi connectivity index (χ0) is 18.4. The summed E-state index contributed by atoms with van der Waals surface area (Å²) >= 11 is 5.34. The van der Waals surface area contributed by atoms with E-state index < -0.39 is 0 Å². The number of hydrogen-bond acceptors (Lipinski definition) is 2. The Balaban J connectivity index is 1.74. The molecule has 2 aromatic carbocycles. The van der Waals surface area contributed by atoms with Gasteiger partial charge in [0.2, 0.25) is 5.91 Å². The highest BCUT2D eigenvalue weighted by Gasteiger charge is 2.27. The van der Waals surface area contributed by atoms with Gasteiger partial charge in [-0.15, -0.1) is 11.8 Å². The maximum absolute atomic E-state index is 12.8. The molecule has 138 valence electrons. The molecule has 26 heavy (non-hydrogen) atoms. The van der Waals surface area contributed by atoms with E-state index in [-0.39, 0.29) is 6.04 Å². The van der Waals surface area contributed by atoms with Gasteiger partial charge in [-0.3, -0.25) is 4.79 Å². The van der Waals surface area contributed by atoms with Crippen LogP contribution in [-0.4, -0.2) is 29.1 Å². The standard InChI is InChI=1S/C22H26BrNOS/c1-17-7-12-22(25)24(14-13-17)20(15-18-5-3-2-4-6-18)16-26-21-10-8-19(23)9-11-21/h2-6,8-11,17,20H,7,12-16H2,1H3/t17-,20-/m0/s1. The highest BCUT2D eigenvalue weighted by molar-refractivity contribution is 9.10. The van der Waals surface area contributed by atoms with Crippen LogP contribution >= 0.6 is 27.7 Å². The second-order valence-electron chi connectivity index (χ2n) is 7.13. The van der Waals surface area contributed by atoms with Crippen molar-refractivity contribution in [3.63, 3.8) is 0 Å². The Morgan fingerprint density at radius 2 is 1.85 bits per heavy atom. The summed E-state index contributed by atoms with van der Waals surface area (Å²) in [6.07, 6.45) is 3.74. The van der Waals surface area contributed by atoms with Crippen molar-refractivity contribution in [2.24, 2.45) is 5.92 Å². The van der Waals surface area contributed by atoms with E-state index in [2.05, 4.69) is 76.3 Å². The van der Waals surface area contributed by atoms with Crippen LogP contribution in [0.1, 0.15) is 31.7 Å². The summed E-state index contributed by atoms with van der Waals surface area (Å²) < 4.78 is 1.10. The summed E-state index contributed by atoms with van der Waals surface area (Å²) in [5, 5.41) is 0. The molecule has 1 amide bonds. The molecule has 1 saturated heterocycles. The zero-order valence-electron chi connectivity index (χ0n) is 15.2. The Morgan fingerprint density at radius 1 is 1.12 bits per heavy atom. The Labute approximate surface area is 169 Å². The van der Waals surface area contributed by atoms with E-state index >= 15 is 0 Å². The molecule has 0 aromatic heterocycles. The lowest BCUT2D eigenvalue weighted by atomic mass is 10.0. The summed E-state index contributed by atoms with van der Waals surface area (Å²) in [6, 6.07) is 19.2. The second-order valence-corrected chi connectivity index (χ2v) is 9.14. The maximum Gasteiger partial charge on any atom is 0.222 e. The predicted octanol–water partition coefficient (Wildman–Crippen LogP) is 5.80. The molecule has 1 fully saturated rings. The molecule has 0 N–H and O–H groups in total. The third-order valence-corrected chi connectivity index (χ3v) is 6.73. The lowest BCUT2D eigenvalue weighted by Crippen LogP contribution is -2.43. The fraction of sp³-hybridized carbons (Fsp3) is 0.409. The van der Waals surface area contributed by atoms with Crippen LogP contribution in [0.3, 0.4) is 0 Å². The van der Waals surface area contributed by atoms with Crippen LogP contribution in [0.15, 0.2) is 64.0 Å². The lowest BCUT2D eigenvalue weighted by molar-refractivity contribution is -0.132. The second kappa shape index (κ2) is 9.61. The monoisotopic (exact) mass is 431 g/mol. The van der Waals surface area contributed by atoms with Gasteiger partial charge < -0.3 is 4.90 Å². The van der Waals surface area contributed by atoms with Crippen molar-refractivity contribution in [3.8, 4) is 0 Å². The molecule has 1 aliphatic heterocycles. The molecule has 0 aliphatic carbocycles. The van der Waals surface area contributed by atoms with Crippen LogP contribution < -0.4 is 0 Å². The fourth-order valence-corrected chi connectivity index (χ4v) is 4.67.